The first-order valence-corrected chi connectivity index (χ1v) is 8.73. The van der Waals surface area contributed by atoms with Crippen LogP contribution in [0.5, 0.6) is 0 Å². The van der Waals surface area contributed by atoms with Crippen molar-refractivity contribution in [1.82, 2.24) is 19.6 Å². The van der Waals surface area contributed by atoms with E-state index in [2.05, 4.69) is 31.3 Å². The predicted molar refractivity (Wildman–Crippen MR) is 93.6 cm³/mol. The molecule has 6 heteroatoms. The van der Waals surface area contributed by atoms with Crippen LogP contribution in [0.4, 0.5) is 5.82 Å². The average Bonchev–Trinajstić information content (AvgIpc) is 2.87. The Kier molecular flexibility index (Phi) is 3.77. The van der Waals surface area contributed by atoms with E-state index in [0.717, 1.165) is 40.2 Å². The van der Waals surface area contributed by atoms with E-state index in [1.165, 1.54) is 24.1 Å². The zero-order valence-electron chi connectivity index (χ0n) is 13.0. The maximum absolute atomic E-state index is 4.85. The van der Waals surface area contributed by atoms with Gasteiger partial charge in [-0.1, -0.05) is 6.07 Å². The molecule has 0 aromatic carbocycles. The smallest absolute Gasteiger partial charge is 0.172 e. The number of nitrogens with zero attached hydrogens (tertiary/aromatic N) is 4. The topological polar surface area (TPSA) is 55.1 Å². The van der Waals surface area contributed by atoms with Crippen LogP contribution in [0.25, 0.3) is 5.65 Å². The van der Waals surface area contributed by atoms with Crippen LogP contribution >= 0.6 is 15.9 Å². The summed E-state index contributed by atoms with van der Waals surface area (Å²) in [5, 5.41) is 8.21. The minimum absolute atomic E-state index is 0.683. The summed E-state index contributed by atoms with van der Waals surface area (Å²) in [4.78, 5) is 9.24. The molecule has 0 radical (unpaired) electrons. The summed E-state index contributed by atoms with van der Waals surface area (Å²) in [6, 6.07) is 5.97. The molecule has 3 aromatic heterocycles. The molecule has 0 bridgehead atoms. The molecule has 5 nitrogen and oxygen atoms in total. The Hall–Kier alpha value is -1.95. The Morgan fingerprint density at radius 3 is 2.96 bits per heavy atom. The number of aromatic nitrogens is 4. The van der Waals surface area contributed by atoms with Crippen molar-refractivity contribution >= 4 is 27.4 Å². The molecule has 0 unspecified atom stereocenters. The molecule has 1 aliphatic carbocycles. The fourth-order valence-electron chi connectivity index (χ4n) is 3.13. The third-order valence-electron chi connectivity index (χ3n) is 4.30. The molecule has 4 rings (SSSR count). The molecule has 0 spiro atoms. The van der Waals surface area contributed by atoms with E-state index in [1.54, 1.807) is 0 Å². The van der Waals surface area contributed by atoms with Gasteiger partial charge < -0.3 is 5.32 Å². The van der Waals surface area contributed by atoms with Crippen molar-refractivity contribution in [2.45, 2.75) is 39.2 Å². The van der Waals surface area contributed by atoms with Crippen molar-refractivity contribution in [2.75, 3.05) is 5.32 Å². The number of pyridine rings is 1. The highest BCUT2D eigenvalue weighted by Crippen LogP contribution is 2.31. The lowest BCUT2D eigenvalue weighted by atomic mass is 9.96. The molecule has 0 aliphatic heterocycles. The van der Waals surface area contributed by atoms with Gasteiger partial charge in [0.15, 0.2) is 5.65 Å². The van der Waals surface area contributed by atoms with Gasteiger partial charge in [0.25, 0.3) is 0 Å². The highest BCUT2D eigenvalue weighted by atomic mass is 79.9. The molecule has 118 valence electrons. The fraction of sp³-hybridized carbons (Fsp3) is 0.353. The summed E-state index contributed by atoms with van der Waals surface area (Å²) in [6.45, 7) is 2.68. The molecule has 0 amide bonds. The first kappa shape index (κ1) is 14.6. The van der Waals surface area contributed by atoms with Crippen LogP contribution in [0.2, 0.25) is 0 Å². The maximum atomic E-state index is 4.85. The molecule has 0 saturated carbocycles. The number of fused-ring (bicyclic) bond motifs is 2. The number of aryl methyl sites for hydroxylation is 2. The number of nitrogens with one attached hydrogen (secondary N) is 1. The average molecular weight is 372 g/mol. The van der Waals surface area contributed by atoms with E-state index < -0.39 is 0 Å². The molecule has 3 aromatic rings. The molecule has 1 aliphatic rings. The fourth-order valence-corrected chi connectivity index (χ4v) is 3.47. The number of hydrogen-bond donors (Lipinski definition) is 1. The van der Waals surface area contributed by atoms with Gasteiger partial charge in [0.1, 0.15) is 5.82 Å². The first-order valence-electron chi connectivity index (χ1n) is 7.94. The highest BCUT2D eigenvalue weighted by Gasteiger charge is 2.21. The number of halogens is 1. The summed E-state index contributed by atoms with van der Waals surface area (Å²) >= 11 is 3.62. The second-order valence-corrected chi connectivity index (χ2v) is 6.70. The van der Waals surface area contributed by atoms with Gasteiger partial charge in [-0.05, 0) is 60.7 Å². The third-order valence-corrected chi connectivity index (χ3v) is 5.23. The van der Waals surface area contributed by atoms with Crippen LogP contribution in [-0.4, -0.2) is 19.6 Å². The molecule has 3 heterocycles. The van der Waals surface area contributed by atoms with Gasteiger partial charge in [0.2, 0.25) is 0 Å². The van der Waals surface area contributed by atoms with Crippen LogP contribution < -0.4 is 5.32 Å². The zero-order valence-corrected chi connectivity index (χ0v) is 14.6. The second kappa shape index (κ2) is 5.92. The van der Waals surface area contributed by atoms with Gasteiger partial charge in [-0.2, -0.15) is 9.61 Å². The number of anilines is 1. The first-order chi connectivity index (χ1) is 11.2. The van der Waals surface area contributed by atoms with Crippen LogP contribution in [0.3, 0.4) is 0 Å². The van der Waals surface area contributed by atoms with E-state index in [0.29, 0.717) is 6.54 Å². The lowest BCUT2D eigenvalue weighted by molar-refractivity contribution is 0.660. The minimum Gasteiger partial charge on any atom is -0.364 e. The lowest BCUT2D eigenvalue weighted by Crippen LogP contribution is -2.15. The van der Waals surface area contributed by atoms with Gasteiger partial charge in [-0.3, -0.25) is 4.98 Å². The quantitative estimate of drug-likeness (QED) is 0.762. The molecule has 1 N–H and O–H groups in total. The maximum Gasteiger partial charge on any atom is 0.172 e. The Balaban J connectivity index is 1.81. The van der Waals surface area contributed by atoms with Gasteiger partial charge in [-0.15, -0.1) is 0 Å². The van der Waals surface area contributed by atoms with E-state index in [-0.39, 0.29) is 0 Å². The number of hydrogen-bond acceptors (Lipinski definition) is 4. The largest absolute Gasteiger partial charge is 0.364 e. The van der Waals surface area contributed by atoms with Crippen LogP contribution in [0.1, 0.15) is 35.5 Å². The molecular formula is C17H18BrN5. The predicted octanol–water partition coefficient (Wildman–Crippen LogP) is 3.69. The minimum atomic E-state index is 0.683. The molecular weight excluding hydrogens is 354 g/mol. The van der Waals surface area contributed by atoms with Crippen molar-refractivity contribution in [3.05, 3.63) is 51.5 Å². The van der Waals surface area contributed by atoms with Crippen molar-refractivity contribution in [2.24, 2.45) is 0 Å². The second-order valence-electron chi connectivity index (χ2n) is 5.90. The Morgan fingerprint density at radius 1 is 1.26 bits per heavy atom. The van der Waals surface area contributed by atoms with E-state index in [9.17, 15) is 0 Å². The van der Waals surface area contributed by atoms with Gasteiger partial charge >= 0.3 is 0 Å². The van der Waals surface area contributed by atoms with Crippen molar-refractivity contribution in [3.63, 3.8) is 0 Å². The van der Waals surface area contributed by atoms with Crippen molar-refractivity contribution in [1.29, 1.82) is 0 Å². The summed E-state index contributed by atoms with van der Waals surface area (Å²) in [6.07, 6.45) is 6.34. The standard InChI is InChI=1S/C17H18BrN5/c1-11-15(18)17-21-14-8-3-2-7-13(14)16(23(17)22-11)20-10-12-6-4-5-9-19-12/h4-6,9,20H,2-3,7-8,10H2,1H3. The van der Waals surface area contributed by atoms with E-state index >= 15 is 0 Å². The van der Waals surface area contributed by atoms with E-state index in [4.69, 9.17) is 4.98 Å². The van der Waals surface area contributed by atoms with Crippen LogP contribution in [0.15, 0.2) is 28.9 Å². The number of rotatable bonds is 3. The highest BCUT2D eigenvalue weighted by molar-refractivity contribution is 9.10. The van der Waals surface area contributed by atoms with Crippen LogP contribution in [0, 0.1) is 6.92 Å². The zero-order chi connectivity index (χ0) is 15.8. The normalized spacial score (nSPS) is 14.0. The molecule has 0 atom stereocenters. The Labute approximate surface area is 143 Å². The third kappa shape index (κ3) is 2.61. The Bertz CT molecular complexity index is 857. The van der Waals surface area contributed by atoms with Crippen LogP contribution in [-0.2, 0) is 19.4 Å². The van der Waals surface area contributed by atoms with Gasteiger partial charge in [0.05, 0.1) is 22.4 Å². The van der Waals surface area contributed by atoms with Gasteiger partial charge in [-0.25, -0.2) is 4.98 Å². The van der Waals surface area contributed by atoms with E-state index in [1.807, 2.05) is 35.8 Å². The molecule has 0 fully saturated rings. The molecule has 23 heavy (non-hydrogen) atoms. The van der Waals surface area contributed by atoms with Crippen molar-refractivity contribution < 1.29 is 0 Å². The monoisotopic (exact) mass is 371 g/mol. The summed E-state index contributed by atoms with van der Waals surface area (Å²) in [5.41, 5.74) is 5.37. The Morgan fingerprint density at radius 2 is 2.13 bits per heavy atom. The summed E-state index contributed by atoms with van der Waals surface area (Å²) < 4.78 is 2.92. The summed E-state index contributed by atoms with van der Waals surface area (Å²) in [5.74, 6) is 1.06. The lowest BCUT2D eigenvalue weighted by Gasteiger charge is -2.20. The summed E-state index contributed by atoms with van der Waals surface area (Å²) in [7, 11) is 0. The SMILES string of the molecule is Cc1nn2c(NCc3ccccn3)c3c(nc2c1Br)CCCC3. The van der Waals surface area contributed by atoms with Gasteiger partial charge in [0, 0.05) is 17.5 Å². The molecule has 0 saturated heterocycles. The van der Waals surface area contributed by atoms with Crippen molar-refractivity contribution in [3.8, 4) is 0 Å².